The monoisotopic (exact) mass is 464 g/mol. The molecule has 174 valence electrons. The Balaban J connectivity index is 1.68. The van der Waals surface area contributed by atoms with Crippen molar-refractivity contribution in [3.05, 3.63) is 63.6 Å². The van der Waals surface area contributed by atoms with E-state index < -0.39 is 0 Å². The summed E-state index contributed by atoms with van der Waals surface area (Å²) in [6.45, 7) is 12.2. The van der Waals surface area contributed by atoms with Gasteiger partial charge in [-0.25, -0.2) is 0 Å². The lowest BCUT2D eigenvalue weighted by Gasteiger charge is -2.47. The first-order valence-electron chi connectivity index (χ1n) is 11.4. The maximum absolute atomic E-state index is 13.1. The molecule has 2 aliphatic rings. The van der Waals surface area contributed by atoms with Crippen LogP contribution in [0.2, 0.25) is 0 Å². The lowest BCUT2D eigenvalue weighted by molar-refractivity contribution is -0.123. The number of rotatable bonds is 5. The van der Waals surface area contributed by atoms with Crippen molar-refractivity contribution >= 4 is 34.7 Å². The average Bonchev–Trinajstić information content (AvgIpc) is 3.01. The topological polar surface area (TPSA) is 49.9 Å². The fraction of sp³-hybridized carbons (Fsp3) is 0.407. The highest BCUT2D eigenvalue weighted by atomic mass is 32.2. The van der Waals surface area contributed by atoms with Gasteiger partial charge in [-0.15, -0.1) is 0 Å². The highest BCUT2D eigenvalue weighted by Gasteiger charge is 2.37. The summed E-state index contributed by atoms with van der Waals surface area (Å²) in [6, 6.07) is 12.1. The van der Waals surface area contributed by atoms with E-state index in [0.29, 0.717) is 16.6 Å². The van der Waals surface area contributed by atoms with Crippen molar-refractivity contribution in [1.82, 2.24) is 4.90 Å². The molecule has 2 aliphatic heterocycles. The first-order valence-corrected chi connectivity index (χ1v) is 12.3. The lowest BCUT2D eigenvalue weighted by Crippen LogP contribution is -2.48. The Bertz CT molecular complexity index is 1140. The third kappa shape index (κ3) is 4.41. The van der Waals surface area contributed by atoms with Gasteiger partial charge >= 0.3 is 0 Å². The van der Waals surface area contributed by atoms with Gasteiger partial charge in [-0.1, -0.05) is 36.8 Å². The minimum atomic E-state index is -0.254. The van der Waals surface area contributed by atoms with Gasteiger partial charge in [0, 0.05) is 29.4 Å². The number of carbonyl (C=O) groups is 2. The number of amides is 2. The SMILES string of the molecule is CCN1c2cc(OC)c(/C=C3/SC(=O)N(Cc4cccc(C)c4)C3=O)cc2C(C)CC1(C)C. The summed E-state index contributed by atoms with van der Waals surface area (Å²) in [4.78, 5) is 29.9. The quantitative estimate of drug-likeness (QED) is 0.483. The largest absolute Gasteiger partial charge is 0.496 e. The van der Waals surface area contributed by atoms with Gasteiger partial charge in [0.05, 0.1) is 18.6 Å². The van der Waals surface area contributed by atoms with Crippen LogP contribution < -0.4 is 9.64 Å². The summed E-state index contributed by atoms with van der Waals surface area (Å²) in [6.07, 6.45) is 2.86. The van der Waals surface area contributed by atoms with Crippen molar-refractivity contribution < 1.29 is 14.3 Å². The molecule has 33 heavy (non-hydrogen) atoms. The molecule has 1 saturated heterocycles. The molecular weight excluding hydrogens is 432 g/mol. The Labute approximate surface area is 200 Å². The molecule has 0 aromatic heterocycles. The number of benzene rings is 2. The summed E-state index contributed by atoms with van der Waals surface area (Å²) in [5, 5.41) is -0.239. The number of aryl methyl sites for hydroxylation is 1. The molecule has 0 spiro atoms. The number of thioether (sulfide) groups is 1. The molecule has 0 N–H and O–H groups in total. The number of ether oxygens (including phenoxy) is 1. The van der Waals surface area contributed by atoms with Gasteiger partial charge in [0.2, 0.25) is 0 Å². The van der Waals surface area contributed by atoms with Crippen molar-refractivity contribution in [1.29, 1.82) is 0 Å². The van der Waals surface area contributed by atoms with Crippen LogP contribution in [-0.4, -0.2) is 35.2 Å². The van der Waals surface area contributed by atoms with E-state index in [2.05, 4.69) is 44.7 Å². The van der Waals surface area contributed by atoms with E-state index in [-0.39, 0.29) is 23.2 Å². The van der Waals surface area contributed by atoms with Crippen molar-refractivity contribution in [2.24, 2.45) is 0 Å². The molecule has 0 aliphatic carbocycles. The first kappa shape index (κ1) is 23.4. The predicted molar refractivity (Wildman–Crippen MR) is 136 cm³/mol. The van der Waals surface area contributed by atoms with Crippen molar-refractivity contribution in [2.75, 3.05) is 18.6 Å². The van der Waals surface area contributed by atoms with Gasteiger partial charge in [0.25, 0.3) is 11.1 Å². The van der Waals surface area contributed by atoms with Crippen LogP contribution in [0.1, 0.15) is 62.3 Å². The van der Waals surface area contributed by atoms with E-state index in [4.69, 9.17) is 4.74 Å². The molecule has 0 saturated carbocycles. The van der Waals surface area contributed by atoms with Crippen LogP contribution in [0.4, 0.5) is 10.5 Å². The summed E-state index contributed by atoms with van der Waals surface area (Å²) in [7, 11) is 1.65. The fourth-order valence-corrected chi connectivity index (χ4v) is 6.02. The third-order valence-corrected chi connectivity index (χ3v) is 7.54. The molecule has 2 aromatic carbocycles. The van der Waals surface area contributed by atoms with Gasteiger partial charge in [0.1, 0.15) is 5.75 Å². The molecule has 2 aromatic rings. The zero-order chi connectivity index (χ0) is 23.9. The second kappa shape index (κ2) is 8.90. The van der Waals surface area contributed by atoms with Crippen LogP contribution in [0, 0.1) is 6.92 Å². The molecule has 1 atom stereocenters. The molecule has 1 unspecified atom stereocenters. The highest BCUT2D eigenvalue weighted by molar-refractivity contribution is 8.18. The smallest absolute Gasteiger partial charge is 0.293 e. The summed E-state index contributed by atoms with van der Waals surface area (Å²) < 4.78 is 5.73. The summed E-state index contributed by atoms with van der Waals surface area (Å²) >= 11 is 0.995. The Morgan fingerprint density at radius 3 is 2.64 bits per heavy atom. The number of hydrogen-bond donors (Lipinski definition) is 0. The van der Waals surface area contributed by atoms with Crippen LogP contribution in [-0.2, 0) is 11.3 Å². The normalized spacial score (nSPS) is 21.0. The average molecular weight is 465 g/mol. The number of hydrogen-bond acceptors (Lipinski definition) is 5. The van der Waals surface area contributed by atoms with Crippen molar-refractivity contribution in [3.63, 3.8) is 0 Å². The third-order valence-electron chi connectivity index (χ3n) is 6.64. The van der Waals surface area contributed by atoms with Gasteiger partial charge in [-0.2, -0.15) is 0 Å². The number of carbonyl (C=O) groups excluding carboxylic acids is 2. The maximum atomic E-state index is 13.1. The molecule has 4 rings (SSSR count). The Morgan fingerprint density at radius 1 is 1.21 bits per heavy atom. The van der Waals surface area contributed by atoms with Crippen LogP contribution in [0.5, 0.6) is 5.75 Å². The van der Waals surface area contributed by atoms with E-state index >= 15 is 0 Å². The number of methoxy groups -OCH3 is 1. The predicted octanol–water partition coefficient (Wildman–Crippen LogP) is 6.35. The molecule has 0 radical (unpaired) electrons. The molecule has 0 bridgehead atoms. The zero-order valence-electron chi connectivity index (χ0n) is 20.3. The molecule has 6 heteroatoms. The molecule has 2 heterocycles. The molecule has 2 amide bonds. The Morgan fingerprint density at radius 2 is 1.97 bits per heavy atom. The van der Waals surface area contributed by atoms with Gasteiger partial charge < -0.3 is 9.64 Å². The lowest BCUT2D eigenvalue weighted by atomic mass is 9.79. The molecule has 1 fully saturated rings. The van der Waals surface area contributed by atoms with E-state index in [1.807, 2.05) is 37.3 Å². The number of imide groups is 1. The van der Waals surface area contributed by atoms with Crippen LogP contribution in [0.3, 0.4) is 0 Å². The van der Waals surface area contributed by atoms with E-state index in [1.54, 1.807) is 7.11 Å². The van der Waals surface area contributed by atoms with Crippen LogP contribution in [0.25, 0.3) is 6.08 Å². The van der Waals surface area contributed by atoms with Crippen LogP contribution >= 0.6 is 11.8 Å². The fourth-order valence-electron chi connectivity index (χ4n) is 5.19. The number of fused-ring (bicyclic) bond motifs is 1. The second-order valence-corrected chi connectivity index (χ2v) is 10.6. The Kier molecular flexibility index (Phi) is 6.32. The van der Waals surface area contributed by atoms with E-state index in [9.17, 15) is 9.59 Å². The Hall–Kier alpha value is -2.73. The minimum Gasteiger partial charge on any atom is -0.496 e. The van der Waals surface area contributed by atoms with Crippen molar-refractivity contribution in [2.45, 2.75) is 59.0 Å². The van der Waals surface area contributed by atoms with Gasteiger partial charge in [-0.05, 0) is 75.1 Å². The minimum absolute atomic E-state index is 0.0616. The zero-order valence-corrected chi connectivity index (χ0v) is 21.1. The second-order valence-electron chi connectivity index (χ2n) is 9.57. The highest BCUT2D eigenvalue weighted by Crippen LogP contribution is 2.46. The number of nitrogens with zero attached hydrogens (tertiary/aromatic N) is 2. The van der Waals surface area contributed by atoms with E-state index in [1.165, 1.54) is 16.2 Å². The number of anilines is 1. The first-order chi connectivity index (χ1) is 15.6. The molecular formula is C27H32N2O3S. The summed E-state index contributed by atoms with van der Waals surface area (Å²) in [5.74, 6) is 0.838. The standard InChI is InChI=1S/C27H32N2O3S/c1-7-29-22-14-23(32-6)20(12-21(22)18(3)15-27(29,4)5)13-24-25(30)28(26(31)33-24)16-19-10-8-9-17(2)11-19/h8-14,18H,7,15-16H2,1-6H3/b24-13+. The summed E-state index contributed by atoms with van der Waals surface area (Å²) in [5.41, 5.74) is 5.38. The van der Waals surface area contributed by atoms with Gasteiger partial charge in [-0.3, -0.25) is 14.5 Å². The molecule has 5 nitrogen and oxygen atoms in total. The van der Waals surface area contributed by atoms with E-state index in [0.717, 1.165) is 41.4 Å². The maximum Gasteiger partial charge on any atom is 0.293 e. The van der Waals surface area contributed by atoms with Crippen molar-refractivity contribution in [3.8, 4) is 5.75 Å². The van der Waals surface area contributed by atoms with Crippen LogP contribution in [0.15, 0.2) is 41.3 Å². The van der Waals surface area contributed by atoms with Gasteiger partial charge in [0.15, 0.2) is 0 Å².